The Morgan fingerprint density at radius 2 is 1.59 bits per heavy atom. The van der Waals surface area contributed by atoms with Crippen LogP contribution < -0.4 is 4.90 Å². The first-order valence-electron chi connectivity index (χ1n) is 6.68. The number of anilines is 1. The zero-order valence-corrected chi connectivity index (χ0v) is 12.9. The first kappa shape index (κ1) is 13.2. The number of pyridine rings is 1. The Balaban J connectivity index is 1.97. The summed E-state index contributed by atoms with van der Waals surface area (Å²) in [5, 5.41) is 1.80. The fourth-order valence-corrected chi connectivity index (χ4v) is 3.22. The maximum atomic E-state index is 12.6. The molecule has 0 fully saturated rings. The van der Waals surface area contributed by atoms with E-state index in [0.29, 0.717) is 16.8 Å². The summed E-state index contributed by atoms with van der Waals surface area (Å²) < 4.78 is 0.921. The van der Waals surface area contributed by atoms with Gasteiger partial charge in [0, 0.05) is 22.3 Å². The quantitative estimate of drug-likeness (QED) is 0.626. The van der Waals surface area contributed by atoms with E-state index in [9.17, 15) is 9.59 Å². The lowest BCUT2D eigenvalue weighted by Crippen LogP contribution is -2.29. The number of carbonyl (C=O) groups is 2. The molecular formula is C17H9BrN2O2. The van der Waals surface area contributed by atoms with Crippen LogP contribution in [0.15, 0.2) is 59.3 Å². The maximum absolute atomic E-state index is 12.6. The highest BCUT2D eigenvalue weighted by Gasteiger charge is 2.37. The summed E-state index contributed by atoms with van der Waals surface area (Å²) in [4.78, 5) is 30.4. The van der Waals surface area contributed by atoms with Gasteiger partial charge in [-0.2, -0.15) is 0 Å². The second-order valence-electron chi connectivity index (χ2n) is 4.98. The molecule has 1 aliphatic heterocycles. The molecule has 22 heavy (non-hydrogen) atoms. The van der Waals surface area contributed by atoms with Gasteiger partial charge in [-0.25, -0.2) is 4.90 Å². The highest BCUT2D eigenvalue weighted by atomic mass is 79.9. The molecule has 4 rings (SSSR count). The number of rotatable bonds is 1. The van der Waals surface area contributed by atoms with Gasteiger partial charge in [-0.1, -0.05) is 40.2 Å². The van der Waals surface area contributed by atoms with E-state index in [0.717, 1.165) is 15.2 Å². The number of nitrogens with zero attached hydrogens (tertiary/aromatic N) is 2. The van der Waals surface area contributed by atoms with Crippen LogP contribution >= 0.6 is 15.9 Å². The highest BCUT2D eigenvalue weighted by molar-refractivity contribution is 9.10. The minimum absolute atomic E-state index is 0.310. The van der Waals surface area contributed by atoms with E-state index in [4.69, 9.17) is 0 Å². The Hall–Kier alpha value is -2.53. The molecule has 106 valence electrons. The number of aromatic nitrogens is 1. The lowest BCUT2D eigenvalue weighted by Gasteiger charge is -2.17. The van der Waals surface area contributed by atoms with Crippen molar-refractivity contribution in [3.8, 4) is 0 Å². The fraction of sp³-hybridized carbons (Fsp3) is 0. The molecule has 2 amide bonds. The van der Waals surface area contributed by atoms with Crippen LogP contribution in [-0.2, 0) is 0 Å². The second-order valence-corrected chi connectivity index (χ2v) is 5.83. The minimum atomic E-state index is -0.333. The second kappa shape index (κ2) is 4.74. The first-order chi connectivity index (χ1) is 10.7. The van der Waals surface area contributed by atoms with Gasteiger partial charge in [0.05, 0.1) is 16.8 Å². The van der Waals surface area contributed by atoms with Crippen LogP contribution in [0.5, 0.6) is 0 Å². The molecule has 4 nitrogen and oxygen atoms in total. The van der Waals surface area contributed by atoms with Crippen molar-refractivity contribution >= 4 is 44.2 Å². The van der Waals surface area contributed by atoms with E-state index in [1.54, 1.807) is 12.1 Å². The van der Waals surface area contributed by atoms with Crippen LogP contribution in [-0.4, -0.2) is 16.8 Å². The van der Waals surface area contributed by atoms with Gasteiger partial charge in [-0.15, -0.1) is 0 Å². The lowest BCUT2D eigenvalue weighted by molar-refractivity contribution is 0.0926. The Morgan fingerprint density at radius 1 is 0.864 bits per heavy atom. The first-order valence-corrected chi connectivity index (χ1v) is 7.48. The SMILES string of the molecule is O=C1c2ccncc2C(=O)N1c1ccc(Br)c2ccccc12. The molecule has 5 heteroatoms. The van der Waals surface area contributed by atoms with Gasteiger partial charge in [0.2, 0.25) is 0 Å². The zero-order valence-electron chi connectivity index (χ0n) is 11.3. The van der Waals surface area contributed by atoms with Crippen molar-refractivity contribution in [3.63, 3.8) is 0 Å². The maximum Gasteiger partial charge on any atom is 0.267 e. The fourth-order valence-electron chi connectivity index (χ4n) is 2.74. The van der Waals surface area contributed by atoms with E-state index >= 15 is 0 Å². The van der Waals surface area contributed by atoms with Crippen LogP contribution in [0.1, 0.15) is 20.7 Å². The number of benzene rings is 2. The number of hydrogen-bond acceptors (Lipinski definition) is 3. The largest absolute Gasteiger partial charge is 0.268 e. The number of halogens is 1. The normalized spacial score (nSPS) is 13.8. The molecular weight excluding hydrogens is 344 g/mol. The molecule has 0 bridgehead atoms. The lowest BCUT2D eigenvalue weighted by atomic mass is 10.1. The summed E-state index contributed by atoms with van der Waals surface area (Å²) >= 11 is 3.50. The Kier molecular flexibility index (Phi) is 2.84. The Morgan fingerprint density at radius 3 is 2.36 bits per heavy atom. The van der Waals surface area contributed by atoms with Crippen LogP contribution in [0, 0.1) is 0 Å². The molecule has 0 spiro atoms. The average molecular weight is 353 g/mol. The third-order valence-electron chi connectivity index (χ3n) is 3.78. The molecule has 0 atom stereocenters. The standard InChI is InChI=1S/C17H9BrN2O2/c18-14-5-6-15(11-4-2-1-3-10(11)14)20-16(21)12-7-8-19-9-13(12)17(20)22/h1-9H. The van der Waals surface area contributed by atoms with Crippen LogP contribution in [0.2, 0.25) is 0 Å². The third kappa shape index (κ3) is 1.72. The molecule has 0 N–H and O–H groups in total. The predicted octanol–water partition coefficient (Wildman–Crippen LogP) is 3.80. The summed E-state index contributed by atoms with van der Waals surface area (Å²) in [6, 6.07) is 12.9. The van der Waals surface area contributed by atoms with Crippen molar-refractivity contribution in [3.05, 3.63) is 70.5 Å². The smallest absolute Gasteiger partial charge is 0.267 e. The van der Waals surface area contributed by atoms with Crippen molar-refractivity contribution in [1.29, 1.82) is 0 Å². The van der Waals surface area contributed by atoms with Gasteiger partial charge in [0.15, 0.2) is 0 Å². The van der Waals surface area contributed by atoms with E-state index in [-0.39, 0.29) is 11.8 Å². The molecule has 1 aromatic heterocycles. The van der Waals surface area contributed by atoms with Crippen molar-refractivity contribution in [2.24, 2.45) is 0 Å². The van der Waals surface area contributed by atoms with E-state index in [1.807, 2.05) is 30.3 Å². The van der Waals surface area contributed by atoms with Crippen molar-refractivity contribution in [2.75, 3.05) is 4.90 Å². The monoisotopic (exact) mass is 352 g/mol. The molecule has 3 aromatic rings. The molecule has 2 aromatic carbocycles. The highest BCUT2D eigenvalue weighted by Crippen LogP contribution is 2.36. The van der Waals surface area contributed by atoms with Gasteiger partial charge in [0.1, 0.15) is 0 Å². The van der Waals surface area contributed by atoms with Crippen molar-refractivity contribution in [2.45, 2.75) is 0 Å². The summed E-state index contributed by atoms with van der Waals surface area (Å²) in [6.07, 6.45) is 2.96. The topological polar surface area (TPSA) is 50.3 Å². The van der Waals surface area contributed by atoms with Gasteiger partial charge in [-0.05, 0) is 23.6 Å². The van der Waals surface area contributed by atoms with Crippen molar-refractivity contribution in [1.82, 2.24) is 4.98 Å². The zero-order chi connectivity index (χ0) is 15.3. The Labute approximate surface area is 134 Å². The van der Waals surface area contributed by atoms with Gasteiger partial charge in [0.25, 0.3) is 11.8 Å². The molecule has 0 unspecified atom stereocenters. The van der Waals surface area contributed by atoms with Crippen molar-refractivity contribution < 1.29 is 9.59 Å². The summed E-state index contributed by atoms with van der Waals surface area (Å²) in [6.45, 7) is 0. The predicted molar refractivity (Wildman–Crippen MR) is 87.0 cm³/mol. The van der Waals surface area contributed by atoms with Gasteiger partial charge in [-0.3, -0.25) is 14.6 Å². The molecule has 2 heterocycles. The minimum Gasteiger partial charge on any atom is -0.268 e. The van der Waals surface area contributed by atoms with Crippen LogP contribution in [0.4, 0.5) is 5.69 Å². The Bertz CT molecular complexity index is 917. The molecule has 0 aliphatic carbocycles. The molecule has 0 radical (unpaired) electrons. The average Bonchev–Trinajstić information content (AvgIpc) is 2.81. The van der Waals surface area contributed by atoms with Crippen LogP contribution in [0.25, 0.3) is 10.8 Å². The number of hydrogen-bond donors (Lipinski definition) is 0. The molecule has 0 saturated heterocycles. The van der Waals surface area contributed by atoms with E-state index < -0.39 is 0 Å². The summed E-state index contributed by atoms with van der Waals surface area (Å²) in [5.74, 6) is -0.643. The number of carbonyl (C=O) groups excluding carboxylic acids is 2. The van der Waals surface area contributed by atoms with Crippen LogP contribution in [0.3, 0.4) is 0 Å². The third-order valence-corrected chi connectivity index (χ3v) is 4.47. The number of amides is 2. The number of fused-ring (bicyclic) bond motifs is 2. The summed E-state index contributed by atoms with van der Waals surface area (Å²) in [7, 11) is 0. The van der Waals surface area contributed by atoms with Gasteiger partial charge >= 0.3 is 0 Å². The molecule has 0 saturated carbocycles. The molecule has 1 aliphatic rings. The van der Waals surface area contributed by atoms with Gasteiger partial charge < -0.3 is 0 Å². The van der Waals surface area contributed by atoms with E-state index in [2.05, 4.69) is 20.9 Å². The summed E-state index contributed by atoms with van der Waals surface area (Å²) in [5.41, 5.74) is 1.33. The number of imide groups is 1. The van der Waals surface area contributed by atoms with E-state index in [1.165, 1.54) is 17.3 Å².